The summed E-state index contributed by atoms with van der Waals surface area (Å²) in [5, 5.41) is 11.2. The van der Waals surface area contributed by atoms with Crippen LogP contribution in [0.4, 0.5) is 0 Å². The van der Waals surface area contributed by atoms with E-state index in [4.69, 9.17) is 9.15 Å². The van der Waals surface area contributed by atoms with Gasteiger partial charge < -0.3 is 14.5 Å². The maximum Gasteiger partial charge on any atom is 0.218 e. The van der Waals surface area contributed by atoms with Crippen molar-refractivity contribution in [2.75, 3.05) is 26.8 Å². The molecule has 15 heavy (non-hydrogen) atoms. The molecule has 86 valence electrons. The highest BCUT2D eigenvalue weighted by atomic mass is 16.5. The van der Waals surface area contributed by atoms with Gasteiger partial charge in [0.15, 0.2) is 0 Å². The topological polar surface area (TPSA) is 60.2 Å². The molecule has 0 spiro atoms. The standard InChI is InChI=1S/C10H19N3O2/c1-3-11-7-4-5-9-12-13-10(15-9)6-8-14-2/h11H,3-8H2,1-2H3. The van der Waals surface area contributed by atoms with E-state index in [9.17, 15) is 0 Å². The molecule has 0 aliphatic rings. The van der Waals surface area contributed by atoms with Gasteiger partial charge in [-0.15, -0.1) is 10.2 Å². The summed E-state index contributed by atoms with van der Waals surface area (Å²) in [6, 6.07) is 0. The van der Waals surface area contributed by atoms with Crippen LogP contribution >= 0.6 is 0 Å². The van der Waals surface area contributed by atoms with E-state index < -0.39 is 0 Å². The third-order valence-corrected chi connectivity index (χ3v) is 2.02. The lowest BCUT2D eigenvalue weighted by atomic mass is 10.3. The molecule has 0 aromatic carbocycles. The van der Waals surface area contributed by atoms with Crippen molar-refractivity contribution in [3.63, 3.8) is 0 Å². The second kappa shape index (κ2) is 7.36. The van der Waals surface area contributed by atoms with E-state index in [1.165, 1.54) is 0 Å². The van der Waals surface area contributed by atoms with E-state index in [0.29, 0.717) is 18.9 Å². The monoisotopic (exact) mass is 213 g/mol. The largest absolute Gasteiger partial charge is 0.425 e. The van der Waals surface area contributed by atoms with Crippen molar-refractivity contribution in [1.29, 1.82) is 0 Å². The Morgan fingerprint density at radius 2 is 2.00 bits per heavy atom. The third-order valence-electron chi connectivity index (χ3n) is 2.02. The minimum absolute atomic E-state index is 0.624. The number of methoxy groups -OCH3 is 1. The van der Waals surface area contributed by atoms with E-state index in [1.54, 1.807) is 7.11 Å². The van der Waals surface area contributed by atoms with Crippen LogP contribution in [0.5, 0.6) is 0 Å². The van der Waals surface area contributed by atoms with Crippen LogP contribution in [0.3, 0.4) is 0 Å². The predicted molar refractivity (Wildman–Crippen MR) is 56.7 cm³/mol. The van der Waals surface area contributed by atoms with Gasteiger partial charge in [-0.1, -0.05) is 6.92 Å². The fourth-order valence-corrected chi connectivity index (χ4v) is 1.22. The second-order valence-corrected chi connectivity index (χ2v) is 3.29. The summed E-state index contributed by atoms with van der Waals surface area (Å²) in [6.07, 6.45) is 2.56. The summed E-state index contributed by atoms with van der Waals surface area (Å²) in [7, 11) is 1.66. The van der Waals surface area contributed by atoms with Gasteiger partial charge >= 0.3 is 0 Å². The maximum absolute atomic E-state index is 5.44. The molecule has 0 saturated carbocycles. The minimum atomic E-state index is 0.624. The van der Waals surface area contributed by atoms with Gasteiger partial charge in [-0.3, -0.25) is 0 Å². The van der Waals surface area contributed by atoms with Crippen molar-refractivity contribution in [1.82, 2.24) is 15.5 Å². The summed E-state index contributed by atoms with van der Waals surface area (Å²) in [5.74, 6) is 1.38. The Bertz CT molecular complexity index is 263. The van der Waals surface area contributed by atoms with Gasteiger partial charge in [0.25, 0.3) is 0 Å². The number of aryl methyl sites for hydroxylation is 1. The minimum Gasteiger partial charge on any atom is -0.425 e. The third kappa shape index (κ3) is 4.90. The molecule has 0 radical (unpaired) electrons. The molecule has 0 unspecified atom stereocenters. The average Bonchev–Trinajstić information content (AvgIpc) is 2.69. The van der Waals surface area contributed by atoms with E-state index in [0.717, 1.165) is 31.8 Å². The highest BCUT2D eigenvalue weighted by Gasteiger charge is 2.04. The van der Waals surface area contributed by atoms with Crippen LogP contribution in [0, 0.1) is 0 Å². The van der Waals surface area contributed by atoms with Gasteiger partial charge in [0.1, 0.15) is 0 Å². The van der Waals surface area contributed by atoms with Gasteiger partial charge in [-0.25, -0.2) is 0 Å². The number of ether oxygens (including phenoxy) is 1. The lowest BCUT2D eigenvalue weighted by Gasteiger charge is -1.97. The van der Waals surface area contributed by atoms with Gasteiger partial charge in [-0.05, 0) is 19.5 Å². The van der Waals surface area contributed by atoms with Crippen LogP contribution in [-0.2, 0) is 17.6 Å². The van der Waals surface area contributed by atoms with E-state index in [2.05, 4.69) is 22.4 Å². The average molecular weight is 213 g/mol. The Kier molecular flexibility index (Phi) is 5.96. The summed E-state index contributed by atoms with van der Waals surface area (Å²) in [6.45, 7) is 4.71. The van der Waals surface area contributed by atoms with Gasteiger partial charge in [-0.2, -0.15) is 0 Å². The Hall–Kier alpha value is -0.940. The molecular weight excluding hydrogens is 194 g/mol. The molecule has 0 aliphatic carbocycles. The predicted octanol–water partition coefficient (Wildman–Crippen LogP) is 0.801. The summed E-state index contributed by atoms with van der Waals surface area (Å²) < 4.78 is 10.4. The van der Waals surface area contributed by atoms with Crippen molar-refractivity contribution >= 4 is 0 Å². The van der Waals surface area contributed by atoms with Crippen molar-refractivity contribution < 1.29 is 9.15 Å². The number of nitrogens with zero attached hydrogens (tertiary/aromatic N) is 2. The van der Waals surface area contributed by atoms with Crippen LogP contribution in [0.25, 0.3) is 0 Å². The van der Waals surface area contributed by atoms with Crippen LogP contribution < -0.4 is 5.32 Å². The lowest BCUT2D eigenvalue weighted by molar-refractivity contribution is 0.194. The molecule has 1 aromatic heterocycles. The molecule has 0 bridgehead atoms. The highest BCUT2D eigenvalue weighted by molar-refractivity contribution is 4.82. The highest BCUT2D eigenvalue weighted by Crippen LogP contribution is 2.03. The van der Waals surface area contributed by atoms with E-state index in [-0.39, 0.29) is 0 Å². The number of nitrogens with one attached hydrogen (secondary N) is 1. The molecule has 0 aliphatic heterocycles. The van der Waals surface area contributed by atoms with Crippen LogP contribution in [0.2, 0.25) is 0 Å². The first-order chi connectivity index (χ1) is 7.36. The van der Waals surface area contributed by atoms with Crippen LogP contribution in [0.15, 0.2) is 4.42 Å². The summed E-state index contributed by atoms with van der Waals surface area (Å²) in [4.78, 5) is 0. The molecule has 5 heteroatoms. The van der Waals surface area contributed by atoms with Gasteiger partial charge in [0, 0.05) is 20.0 Å². The van der Waals surface area contributed by atoms with E-state index >= 15 is 0 Å². The molecule has 1 heterocycles. The zero-order valence-electron chi connectivity index (χ0n) is 9.45. The zero-order valence-corrected chi connectivity index (χ0v) is 9.45. The summed E-state index contributed by atoms with van der Waals surface area (Å²) in [5.41, 5.74) is 0. The van der Waals surface area contributed by atoms with Crippen molar-refractivity contribution in [3.05, 3.63) is 11.8 Å². The molecule has 5 nitrogen and oxygen atoms in total. The Morgan fingerprint density at radius 1 is 1.27 bits per heavy atom. The Labute approximate surface area is 90.2 Å². The maximum atomic E-state index is 5.44. The first-order valence-electron chi connectivity index (χ1n) is 5.37. The number of aromatic nitrogens is 2. The fourth-order valence-electron chi connectivity index (χ4n) is 1.22. The lowest BCUT2D eigenvalue weighted by Crippen LogP contribution is -2.14. The molecular formula is C10H19N3O2. The van der Waals surface area contributed by atoms with Crippen LogP contribution in [-0.4, -0.2) is 37.0 Å². The Balaban J connectivity index is 2.20. The molecule has 0 saturated heterocycles. The molecule has 1 rings (SSSR count). The van der Waals surface area contributed by atoms with E-state index in [1.807, 2.05) is 0 Å². The first kappa shape index (κ1) is 12.1. The smallest absolute Gasteiger partial charge is 0.218 e. The van der Waals surface area contributed by atoms with Gasteiger partial charge in [0.2, 0.25) is 11.8 Å². The quantitative estimate of drug-likeness (QED) is 0.647. The molecule has 0 amide bonds. The molecule has 1 N–H and O–H groups in total. The number of rotatable bonds is 8. The number of hydrogen-bond donors (Lipinski definition) is 1. The first-order valence-corrected chi connectivity index (χ1v) is 5.37. The zero-order chi connectivity index (χ0) is 10.9. The SMILES string of the molecule is CCNCCCc1nnc(CCOC)o1. The van der Waals surface area contributed by atoms with Crippen molar-refractivity contribution in [2.45, 2.75) is 26.2 Å². The molecule has 0 fully saturated rings. The van der Waals surface area contributed by atoms with Crippen LogP contribution in [0.1, 0.15) is 25.1 Å². The Morgan fingerprint density at radius 3 is 2.67 bits per heavy atom. The normalized spacial score (nSPS) is 10.8. The fraction of sp³-hybridized carbons (Fsp3) is 0.800. The molecule has 1 aromatic rings. The second-order valence-electron chi connectivity index (χ2n) is 3.29. The number of hydrogen-bond acceptors (Lipinski definition) is 5. The molecule has 0 atom stereocenters. The van der Waals surface area contributed by atoms with Gasteiger partial charge in [0.05, 0.1) is 6.61 Å². The van der Waals surface area contributed by atoms with Crippen molar-refractivity contribution in [3.8, 4) is 0 Å². The summed E-state index contributed by atoms with van der Waals surface area (Å²) >= 11 is 0. The van der Waals surface area contributed by atoms with Crippen molar-refractivity contribution in [2.24, 2.45) is 0 Å².